The number of carbonyl (C=O) groups excluding carboxylic acids is 1. The minimum atomic E-state index is -1.09. The molecule has 7 nitrogen and oxygen atoms in total. The molecule has 0 aliphatic rings. The van der Waals surface area contributed by atoms with Crippen LogP contribution in [0.5, 0.6) is 0 Å². The topological polar surface area (TPSA) is 92.5 Å². The third-order valence-corrected chi connectivity index (χ3v) is 2.71. The van der Waals surface area contributed by atoms with Crippen molar-refractivity contribution in [2.45, 2.75) is 39.8 Å². The van der Waals surface area contributed by atoms with Crippen LogP contribution in [0.2, 0.25) is 0 Å². The predicted octanol–water partition coefficient (Wildman–Crippen LogP) is 0.589. The molecule has 7 heteroatoms. The fraction of sp³-hybridized carbons (Fsp3) is 0.538. The Balaban J connectivity index is 3.08. The number of nitrogens with zero attached hydrogens (tertiary/aromatic N) is 3. The summed E-state index contributed by atoms with van der Waals surface area (Å²) in [4.78, 5) is 35.8. The number of aliphatic carboxylic acids is 1. The first kappa shape index (κ1) is 15.9. The van der Waals surface area contributed by atoms with Gasteiger partial charge in [0.25, 0.3) is 11.5 Å². The van der Waals surface area contributed by atoms with Gasteiger partial charge in [-0.25, -0.2) is 4.68 Å². The molecule has 110 valence electrons. The van der Waals surface area contributed by atoms with Gasteiger partial charge in [-0.1, -0.05) is 6.92 Å². The van der Waals surface area contributed by atoms with Crippen LogP contribution in [0.15, 0.2) is 16.9 Å². The fourth-order valence-electron chi connectivity index (χ4n) is 1.72. The number of hydrogen-bond donors (Lipinski definition) is 1. The van der Waals surface area contributed by atoms with E-state index in [4.69, 9.17) is 5.11 Å². The lowest BCUT2D eigenvalue weighted by molar-refractivity contribution is -0.138. The average Bonchev–Trinajstić information content (AvgIpc) is 2.37. The van der Waals surface area contributed by atoms with Crippen LogP contribution >= 0.6 is 0 Å². The van der Waals surface area contributed by atoms with Crippen molar-refractivity contribution in [2.24, 2.45) is 0 Å². The molecule has 0 bridgehead atoms. The fourth-order valence-corrected chi connectivity index (χ4v) is 1.72. The number of aryl methyl sites for hydroxylation is 1. The molecule has 0 spiro atoms. The number of hydrogen-bond acceptors (Lipinski definition) is 4. The van der Waals surface area contributed by atoms with Gasteiger partial charge < -0.3 is 10.0 Å². The summed E-state index contributed by atoms with van der Waals surface area (Å²) in [5, 5.41) is 12.8. The van der Waals surface area contributed by atoms with Gasteiger partial charge in [0.05, 0.1) is 0 Å². The first-order valence-corrected chi connectivity index (χ1v) is 6.47. The zero-order valence-electron chi connectivity index (χ0n) is 11.9. The van der Waals surface area contributed by atoms with E-state index in [9.17, 15) is 14.4 Å². The van der Waals surface area contributed by atoms with Crippen LogP contribution in [-0.4, -0.2) is 44.3 Å². The van der Waals surface area contributed by atoms with E-state index in [1.54, 1.807) is 13.8 Å². The monoisotopic (exact) mass is 281 g/mol. The molecule has 0 saturated heterocycles. The third kappa shape index (κ3) is 3.91. The SMILES string of the molecule is CCCn1nc(C(=O)N(CC(=O)O)C(C)C)ccc1=O. The summed E-state index contributed by atoms with van der Waals surface area (Å²) in [6, 6.07) is 2.33. The van der Waals surface area contributed by atoms with Gasteiger partial charge in [-0.15, -0.1) is 0 Å². The van der Waals surface area contributed by atoms with Gasteiger partial charge in [-0.05, 0) is 26.3 Å². The Labute approximate surface area is 116 Å². The van der Waals surface area contributed by atoms with Gasteiger partial charge >= 0.3 is 5.97 Å². The molecule has 1 N–H and O–H groups in total. The van der Waals surface area contributed by atoms with Gasteiger partial charge in [-0.2, -0.15) is 5.10 Å². The van der Waals surface area contributed by atoms with Crippen molar-refractivity contribution < 1.29 is 14.7 Å². The summed E-state index contributed by atoms with van der Waals surface area (Å²) in [7, 11) is 0. The first-order chi connectivity index (χ1) is 9.36. The summed E-state index contributed by atoms with van der Waals surface area (Å²) in [6.45, 7) is 5.37. The molecule has 0 radical (unpaired) electrons. The second-order valence-corrected chi connectivity index (χ2v) is 4.70. The molecular weight excluding hydrogens is 262 g/mol. The number of amides is 1. The Morgan fingerprint density at radius 2 is 2.05 bits per heavy atom. The normalized spacial score (nSPS) is 10.6. The minimum absolute atomic E-state index is 0.0769. The number of carbonyl (C=O) groups is 2. The number of carboxylic acids is 1. The van der Waals surface area contributed by atoms with Crippen molar-refractivity contribution in [1.82, 2.24) is 14.7 Å². The standard InChI is InChI=1S/C13H19N3O4/c1-4-7-16-11(17)6-5-10(14-16)13(20)15(9(2)3)8-12(18)19/h5-6,9H,4,7-8H2,1-3H3,(H,18,19). The van der Waals surface area contributed by atoms with Crippen molar-refractivity contribution in [3.05, 3.63) is 28.2 Å². The molecule has 0 saturated carbocycles. The average molecular weight is 281 g/mol. The molecule has 0 aromatic carbocycles. The highest BCUT2D eigenvalue weighted by molar-refractivity contribution is 5.94. The highest BCUT2D eigenvalue weighted by Gasteiger charge is 2.22. The lowest BCUT2D eigenvalue weighted by atomic mass is 10.2. The molecule has 0 aliphatic carbocycles. The molecule has 1 aromatic heterocycles. The Bertz CT molecular complexity index is 551. The van der Waals surface area contributed by atoms with Gasteiger partial charge in [0.1, 0.15) is 12.2 Å². The smallest absolute Gasteiger partial charge is 0.323 e. The summed E-state index contributed by atoms with van der Waals surface area (Å²) < 4.78 is 1.21. The summed E-state index contributed by atoms with van der Waals surface area (Å²) in [5.74, 6) is -1.58. The summed E-state index contributed by atoms with van der Waals surface area (Å²) in [5.41, 5.74) is -0.203. The zero-order valence-corrected chi connectivity index (χ0v) is 11.9. The van der Waals surface area contributed by atoms with Gasteiger partial charge in [0.15, 0.2) is 0 Å². The third-order valence-electron chi connectivity index (χ3n) is 2.71. The van der Waals surface area contributed by atoms with Crippen LogP contribution in [0, 0.1) is 0 Å². The highest BCUT2D eigenvalue weighted by atomic mass is 16.4. The van der Waals surface area contributed by atoms with E-state index in [0.717, 1.165) is 0 Å². The molecule has 0 aliphatic heterocycles. The van der Waals surface area contributed by atoms with Crippen molar-refractivity contribution in [2.75, 3.05) is 6.54 Å². The van der Waals surface area contributed by atoms with Crippen LogP contribution in [0.4, 0.5) is 0 Å². The number of carboxylic acid groups (broad SMARTS) is 1. The second-order valence-electron chi connectivity index (χ2n) is 4.70. The van der Waals surface area contributed by atoms with E-state index in [1.807, 2.05) is 6.92 Å². The second kappa shape index (κ2) is 6.83. The zero-order chi connectivity index (χ0) is 15.3. The minimum Gasteiger partial charge on any atom is -0.480 e. The van der Waals surface area contributed by atoms with Gasteiger partial charge in [0.2, 0.25) is 0 Å². The maximum absolute atomic E-state index is 12.3. The van der Waals surface area contributed by atoms with Crippen LogP contribution in [0.1, 0.15) is 37.7 Å². The van der Waals surface area contributed by atoms with E-state index in [1.165, 1.54) is 21.7 Å². The summed E-state index contributed by atoms with van der Waals surface area (Å²) >= 11 is 0. The van der Waals surface area contributed by atoms with Crippen molar-refractivity contribution in [3.63, 3.8) is 0 Å². The number of rotatable bonds is 6. The molecular formula is C13H19N3O4. The van der Waals surface area contributed by atoms with E-state index in [-0.39, 0.29) is 17.3 Å². The van der Waals surface area contributed by atoms with Crippen LogP contribution < -0.4 is 5.56 Å². The first-order valence-electron chi connectivity index (χ1n) is 6.47. The highest BCUT2D eigenvalue weighted by Crippen LogP contribution is 2.05. The van der Waals surface area contributed by atoms with E-state index in [0.29, 0.717) is 13.0 Å². The Hall–Kier alpha value is -2.18. The lowest BCUT2D eigenvalue weighted by Crippen LogP contribution is -2.41. The molecule has 0 unspecified atom stereocenters. The number of aromatic nitrogens is 2. The maximum Gasteiger partial charge on any atom is 0.323 e. The summed E-state index contributed by atoms with van der Waals surface area (Å²) in [6.07, 6.45) is 0.716. The molecule has 1 aromatic rings. The van der Waals surface area contributed by atoms with Crippen molar-refractivity contribution >= 4 is 11.9 Å². The predicted molar refractivity (Wildman–Crippen MR) is 72.6 cm³/mol. The van der Waals surface area contributed by atoms with Crippen LogP contribution in [0.25, 0.3) is 0 Å². The van der Waals surface area contributed by atoms with Crippen LogP contribution in [-0.2, 0) is 11.3 Å². The van der Waals surface area contributed by atoms with E-state index >= 15 is 0 Å². The molecule has 0 atom stereocenters. The maximum atomic E-state index is 12.3. The Morgan fingerprint density at radius 1 is 1.40 bits per heavy atom. The Morgan fingerprint density at radius 3 is 2.55 bits per heavy atom. The molecule has 1 rings (SSSR count). The lowest BCUT2D eigenvalue weighted by Gasteiger charge is -2.24. The van der Waals surface area contributed by atoms with Crippen molar-refractivity contribution in [1.29, 1.82) is 0 Å². The molecule has 20 heavy (non-hydrogen) atoms. The quantitative estimate of drug-likeness (QED) is 0.823. The van der Waals surface area contributed by atoms with E-state index in [2.05, 4.69) is 5.10 Å². The largest absolute Gasteiger partial charge is 0.480 e. The van der Waals surface area contributed by atoms with Gasteiger partial charge in [0, 0.05) is 18.7 Å². The Kier molecular flexibility index (Phi) is 5.42. The van der Waals surface area contributed by atoms with Crippen molar-refractivity contribution in [3.8, 4) is 0 Å². The molecule has 1 heterocycles. The van der Waals surface area contributed by atoms with E-state index < -0.39 is 18.4 Å². The van der Waals surface area contributed by atoms with Crippen LogP contribution in [0.3, 0.4) is 0 Å². The molecule has 1 amide bonds. The molecule has 0 fully saturated rings. The van der Waals surface area contributed by atoms with Gasteiger partial charge in [-0.3, -0.25) is 14.4 Å².